The number of aliphatic hydroxyl groups is 1. The number of fused-ring (bicyclic) bond motifs is 1. The first kappa shape index (κ1) is 28.9. The Morgan fingerprint density at radius 2 is 1.90 bits per heavy atom. The first-order valence-corrected chi connectivity index (χ1v) is 14.2. The Kier molecular flexibility index (Phi) is 8.85. The molecule has 1 aliphatic heterocycles. The molecule has 2 atom stereocenters. The third kappa shape index (κ3) is 6.91. The minimum absolute atomic E-state index is 0.0205. The molecule has 8 nitrogen and oxygen atoms in total. The zero-order chi connectivity index (χ0) is 28.3. The van der Waals surface area contributed by atoms with E-state index in [2.05, 4.69) is 9.71 Å². The van der Waals surface area contributed by atoms with Gasteiger partial charge in [-0.3, -0.25) is 4.79 Å². The molecule has 2 N–H and O–H groups in total. The average molecular weight is 579 g/mol. The smallest absolute Gasteiger partial charge is 0.304 e. The van der Waals surface area contributed by atoms with Gasteiger partial charge in [-0.2, -0.15) is 13.1 Å². The number of nitrogens with one attached hydrogen (secondary N) is 1. The standard InChI is InChI=1S/C27H29ClF2N4O4S/c1-17-12-23(6-7-24(17)28)33(2)27(36)20(13-18-14-21(29)16-22(30)15-18)5-8-25(35)32-39(37,38)34-11-9-19-4-3-10-31-26(19)34/h3-4,6-7,10,12,14-16,20,25,32,35H,5,8-9,11,13H2,1-2H3/t20-,25?/m0/s1. The summed E-state index contributed by atoms with van der Waals surface area (Å²) in [4.78, 5) is 19.1. The number of benzene rings is 2. The highest BCUT2D eigenvalue weighted by Gasteiger charge is 2.32. The van der Waals surface area contributed by atoms with Gasteiger partial charge >= 0.3 is 10.2 Å². The van der Waals surface area contributed by atoms with Crippen LogP contribution in [0.1, 0.15) is 29.5 Å². The Hall–Kier alpha value is -3.12. The lowest BCUT2D eigenvalue weighted by molar-refractivity contribution is -0.122. The molecule has 1 aliphatic rings. The largest absolute Gasteiger partial charge is 0.378 e. The van der Waals surface area contributed by atoms with Gasteiger partial charge < -0.3 is 10.0 Å². The number of carbonyl (C=O) groups is 1. The van der Waals surface area contributed by atoms with Crippen LogP contribution in [-0.2, 0) is 27.8 Å². The number of hydrogen-bond acceptors (Lipinski definition) is 5. The number of nitrogens with zero attached hydrogens (tertiary/aromatic N) is 3. The summed E-state index contributed by atoms with van der Waals surface area (Å²) in [5, 5.41) is 11.1. The highest BCUT2D eigenvalue weighted by Crippen LogP contribution is 2.28. The fourth-order valence-corrected chi connectivity index (χ4v) is 6.06. The number of rotatable bonds is 10. The summed E-state index contributed by atoms with van der Waals surface area (Å²) in [6.07, 6.45) is 0.374. The van der Waals surface area contributed by atoms with Crippen molar-refractivity contribution in [2.45, 2.75) is 38.8 Å². The summed E-state index contributed by atoms with van der Waals surface area (Å²) in [5.41, 5.74) is 2.38. The van der Waals surface area contributed by atoms with Crippen molar-refractivity contribution in [3.8, 4) is 0 Å². The number of aromatic nitrogens is 1. The van der Waals surface area contributed by atoms with E-state index in [-0.39, 0.29) is 37.3 Å². The van der Waals surface area contributed by atoms with Crippen molar-refractivity contribution in [1.82, 2.24) is 9.71 Å². The highest BCUT2D eigenvalue weighted by atomic mass is 35.5. The van der Waals surface area contributed by atoms with E-state index in [1.54, 1.807) is 44.3 Å². The van der Waals surface area contributed by atoms with Gasteiger partial charge in [-0.05, 0) is 85.7 Å². The molecular weight excluding hydrogens is 550 g/mol. The highest BCUT2D eigenvalue weighted by molar-refractivity contribution is 7.90. The summed E-state index contributed by atoms with van der Waals surface area (Å²) in [5.74, 6) is -2.43. The van der Waals surface area contributed by atoms with Gasteiger partial charge in [0.05, 0.1) is 0 Å². The van der Waals surface area contributed by atoms with Gasteiger partial charge in [0.1, 0.15) is 23.7 Å². The van der Waals surface area contributed by atoms with E-state index < -0.39 is 34.0 Å². The second-order valence-electron chi connectivity index (χ2n) is 9.53. The van der Waals surface area contributed by atoms with E-state index in [9.17, 15) is 27.1 Å². The molecule has 208 valence electrons. The number of aliphatic hydroxyl groups excluding tert-OH is 1. The zero-order valence-corrected chi connectivity index (χ0v) is 23.0. The third-order valence-electron chi connectivity index (χ3n) is 6.66. The molecule has 1 unspecified atom stereocenters. The quantitative estimate of drug-likeness (QED) is 0.352. The topological polar surface area (TPSA) is 103 Å². The maximum atomic E-state index is 13.9. The molecule has 1 amide bonds. The molecule has 0 spiro atoms. The number of amides is 1. The molecule has 0 bridgehead atoms. The van der Waals surface area contributed by atoms with Crippen molar-refractivity contribution >= 4 is 39.2 Å². The van der Waals surface area contributed by atoms with Crippen LogP contribution in [0.5, 0.6) is 0 Å². The van der Waals surface area contributed by atoms with Gasteiger partial charge in [-0.25, -0.2) is 18.1 Å². The Labute approximate surface area is 231 Å². The fourth-order valence-electron chi connectivity index (χ4n) is 4.63. The SMILES string of the molecule is Cc1cc(N(C)C(=O)[C@@H](CCC(O)NS(=O)(=O)N2CCc3cccnc32)Cc2cc(F)cc(F)c2)ccc1Cl. The van der Waals surface area contributed by atoms with Crippen molar-refractivity contribution < 1.29 is 27.1 Å². The second kappa shape index (κ2) is 12.0. The molecule has 0 fully saturated rings. The van der Waals surface area contributed by atoms with Gasteiger partial charge in [0.25, 0.3) is 0 Å². The number of anilines is 2. The minimum atomic E-state index is -4.12. The zero-order valence-electron chi connectivity index (χ0n) is 21.4. The Balaban J connectivity index is 1.49. The average Bonchev–Trinajstić information content (AvgIpc) is 3.32. The Morgan fingerprint density at radius 3 is 2.59 bits per heavy atom. The van der Waals surface area contributed by atoms with Crippen molar-refractivity contribution in [2.24, 2.45) is 5.92 Å². The summed E-state index contributed by atoms with van der Waals surface area (Å²) in [6, 6.07) is 11.6. The van der Waals surface area contributed by atoms with E-state index in [0.717, 1.165) is 33.6 Å². The lowest BCUT2D eigenvalue weighted by Gasteiger charge is -2.26. The van der Waals surface area contributed by atoms with Gasteiger partial charge in [0.2, 0.25) is 5.91 Å². The van der Waals surface area contributed by atoms with E-state index in [1.165, 1.54) is 11.1 Å². The van der Waals surface area contributed by atoms with Gasteiger partial charge in [-0.1, -0.05) is 17.7 Å². The van der Waals surface area contributed by atoms with Crippen LogP contribution in [0, 0.1) is 24.5 Å². The van der Waals surface area contributed by atoms with Crippen LogP contribution in [-0.4, -0.2) is 44.2 Å². The van der Waals surface area contributed by atoms with Gasteiger partial charge in [-0.15, -0.1) is 0 Å². The first-order chi connectivity index (χ1) is 18.4. The van der Waals surface area contributed by atoms with E-state index in [4.69, 9.17) is 11.6 Å². The van der Waals surface area contributed by atoms with Gasteiger partial charge in [0, 0.05) is 42.5 Å². The fraction of sp³-hybridized carbons (Fsp3) is 0.333. The van der Waals surface area contributed by atoms with Crippen LogP contribution in [0.3, 0.4) is 0 Å². The van der Waals surface area contributed by atoms with Crippen LogP contribution >= 0.6 is 11.6 Å². The molecule has 0 saturated carbocycles. The van der Waals surface area contributed by atoms with Crippen LogP contribution in [0.25, 0.3) is 0 Å². The molecular formula is C27H29ClF2N4O4S. The molecule has 2 heterocycles. The lowest BCUT2D eigenvalue weighted by atomic mass is 9.92. The molecule has 39 heavy (non-hydrogen) atoms. The van der Waals surface area contributed by atoms with E-state index >= 15 is 0 Å². The summed E-state index contributed by atoms with van der Waals surface area (Å²) in [6.45, 7) is 1.99. The van der Waals surface area contributed by atoms with E-state index in [0.29, 0.717) is 22.9 Å². The lowest BCUT2D eigenvalue weighted by Crippen LogP contribution is -2.45. The molecule has 0 radical (unpaired) electrons. The Bertz CT molecular complexity index is 1450. The molecule has 2 aromatic carbocycles. The number of pyridine rings is 1. The molecule has 4 rings (SSSR count). The summed E-state index contributed by atoms with van der Waals surface area (Å²) >= 11 is 6.11. The Morgan fingerprint density at radius 1 is 1.18 bits per heavy atom. The molecule has 3 aromatic rings. The van der Waals surface area contributed by atoms with Crippen molar-refractivity contribution in [2.75, 3.05) is 22.8 Å². The summed E-state index contributed by atoms with van der Waals surface area (Å²) < 4.78 is 57.0. The number of aryl methyl sites for hydroxylation is 1. The monoisotopic (exact) mass is 578 g/mol. The van der Waals surface area contributed by atoms with Crippen LogP contribution in [0.4, 0.5) is 20.3 Å². The third-order valence-corrected chi connectivity index (χ3v) is 8.59. The maximum Gasteiger partial charge on any atom is 0.304 e. The predicted molar refractivity (Wildman–Crippen MR) is 146 cm³/mol. The number of hydrogen-bond donors (Lipinski definition) is 2. The summed E-state index contributed by atoms with van der Waals surface area (Å²) in [7, 11) is -2.54. The number of halogens is 3. The molecule has 1 aromatic heterocycles. The van der Waals surface area contributed by atoms with Crippen molar-refractivity contribution in [3.05, 3.63) is 88.1 Å². The second-order valence-corrected chi connectivity index (χ2v) is 11.6. The number of carbonyl (C=O) groups excluding carboxylic acids is 1. The molecule has 0 saturated heterocycles. The maximum absolute atomic E-state index is 13.9. The van der Waals surface area contributed by atoms with Crippen molar-refractivity contribution in [3.63, 3.8) is 0 Å². The first-order valence-electron chi connectivity index (χ1n) is 12.3. The van der Waals surface area contributed by atoms with Crippen LogP contribution in [0.2, 0.25) is 5.02 Å². The van der Waals surface area contributed by atoms with Crippen molar-refractivity contribution in [1.29, 1.82) is 0 Å². The van der Waals surface area contributed by atoms with Crippen LogP contribution in [0.15, 0.2) is 54.7 Å². The molecule has 12 heteroatoms. The van der Waals surface area contributed by atoms with Crippen LogP contribution < -0.4 is 13.9 Å². The van der Waals surface area contributed by atoms with E-state index in [1.807, 2.05) is 0 Å². The molecule has 0 aliphatic carbocycles. The minimum Gasteiger partial charge on any atom is -0.378 e. The predicted octanol–water partition coefficient (Wildman–Crippen LogP) is 4.14. The normalized spacial score (nSPS) is 14.7. The van der Waals surface area contributed by atoms with Gasteiger partial charge in [0.15, 0.2) is 0 Å².